The van der Waals surface area contributed by atoms with E-state index in [1.807, 2.05) is 48.5 Å². The number of rotatable bonds is 8. The fourth-order valence-corrected chi connectivity index (χ4v) is 2.94. The molecule has 0 bridgehead atoms. The standard InChI is InChI=1S/C18H19BrN2O3S/c1-24-15-6-8-16(9-7-15)25-12-18(23)20-11-10-17(22)21-14-4-2-13(19)3-5-14/h2-9H,10-12H2,1H3,(H,20,23)(H,21,22). The largest absolute Gasteiger partial charge is 0.497 e. The maximum atomic E-state index is 11.8. The van der Waals surface area contributed by atoms with Crippen LogP contribution in [0.2, 0.25) is 0 Å². The molecule has 0 aliphatic carbocycles. The Hall–Kier alpha value is -1.99. The van der Waals surface area contributed by atoms with Crippen LogP contribution in [0.15, 0.2) is 57.9 Å². The van der Waals surface area contributed by atoms with Crippen molar-refractivity contribution in [2.24, 2.45) is 0 Å². The lowest BCUT2D eigenvalue weighted by Crippen LogP contribution is -2.28. The van der Waals surface area contributed by atoms with E-state index >= 15 is 0 Å². The molecule has 0 saturated heterocycles. The molecule has 132 valence electrons. The Balaban J connectivity index is 1.64. The molecule has 0 aliphatic rings. The predicted molar refractivity (Wildman–Crippen MR) is 104 cm³/mol. The number of thioether (sulfide) groups is 1. The van der Waals surface area contributed by atoms with Gasteiger partial charge in [-0.3, -0.25) is 9.59 Å². The van der Waals surface area contributed by atoms with Gasteiger partial charge in [-0.1, -0.05) is 15.9 Å². The number of anilines is 1. The van der Waals surface area contributed by atoms with Gasteiger partial charge in [0.05, 0.1) is 12.9 Å². The maximum Gasteiger partial charge on any atom is 0.230 e. The Morgan fingerprint density at radius 1 is 1.04 bits per heavy atom. The number of nitrogens with one attached hydrogen (secondary N) is 2. The first kappa shape index (κ1) is 19.3. The van der Waals surface area contributed by atoms with Gasteiger partial charge in [0.25, 0.3) is 0 Å². The third-order valence-corrected chi connectivity index (χ3v) is 4.77. The smallest absolute Gasteiger partial charge is 0.230 e. The van der Waals surface area contributed by atoms with Gasteiger partial charge in [0.1, 0.15) is 5.75 Å². The number of halogens is 1. The van der Waals surface area contributed by atoms with Crippen molar-refractivity contribution in [2.75, 3.05) is 24.7 Å². The summed E-state index contributed by atoms with van der Waals surface area (Å²) in [6, 6.07) is 14.9. The molecular formula is C18H19BrN2O3S. The number of carbonyl (C=O) groups excluding carboxylic acids is 2. The van der Waals surface area contributed by atoms with Gasteiger partial charge in [-0.15, -0.1) is 11.8 Å². The van der Waals surface area contributed by atoms with Crippen molar-refractivity contribution in [1.82, 2.24) is 5.32 Å². The Kier molecular flexibility index (Phi) is 7.81. The summed E-state index contributed by atoms with van der Waals surface area (Å²) in [7, 11) is 1.61. The van der Waals surface area contributed by atoms with Crippen LogP contribution in [-0.4, -0.2) is 31.2 Å². The molecule has 2 aromatic carbocycles. The summed E-state index contributed by atoms with van der Waals surface area (Å²) in [4.78, 5) is 24.6. The molecular weight excluding hydrogens is 404 g/mol. The molecule has 0 atom stereocenters. The van der Waals surface area contributed by atoms with E-state index in [2.05, 4.69) is 26.6 Å². The van der Waals surface area contributed by atoms with E-state index in [4.69, 9.17) is 4.74 Å². The molecule has 2 rings (SSSR count). The van der Waals surface area contributed by atoms with E-state index in [9.17, 15) is 9.59 Å². The summed E-state index contributed by atoms with van der Waals surface area (Å²) in [5, 5.41) is 5.53. The highest BCUT2D eigenvalue weighted by atomic mass is 79.9. The summed E-state index contributed by atoms with van der Waals surface area (Å²) in [6.07, 6.45) is 0.231. The molecule has 0 aliphatic heterocycles. The third-order valence-electron chi connectivity index (χ3n) is 3.23. The van der Waals surface area contributed by atoms with Gasteiger partial charge >= 0.3 is 0 Å². The number of ether oxygens (including phenoxy) is 1. The van der Waals surface area contributed by atoms with E-state index in [1.165, 1.54) is 11.8 Å². The highest BCUT2D eigenvalue weighted by molar-refractivity contribution is 9.10. The fraction of sp³-hybridized carbons (Fsp3) is 0.222. The second kappa shape index (κ2) is 10.1. The van der Waals surface area contributed by atoms with E-state index in [1.54, 1.807) is 7.11 Å². The van der Waals surface area contributed by atoms with Gasteiger partial charge in [0.2, 0.25) is 11.8 Å². The number of methoxy groups -OCH3 is 1. The topological polar surface area (TPSA) is 67.4 Å². The summed E-state index contributed by atoms with van der Waals surface area (Å²) in [5.74, 6) is 0.856. The van der Waals surface area contributed by atoms with Gasteiger partial charge in [0, 0.05) is 28.0 Å². The molecule has 2 amide bonds. The zero-order valence-electron chi connectivity index (χ0n) is 13.8. The maximum absolute atomic E-state index is 11.8. The van der Waals surface area contributed by atoms with E-state index in [0.717, 1.165) is 20.8 Å². The van der Waals surface area contributed by atoms with Crippen molar-refractivity contribution in [2.45, 2.75) is 11.3 Å². The second-order valence-electron chi connectivity index (χ2n) is 5.12. The first-order valence-electron chi connectivity index (χ1n) is 7.66. The molecule has 0 heterocycles. The van der Waals surface area contributed by atoms with Crippen LogP contribution < -0.4 is 15.4 Å². The lowest BCUT2D eigenvalue weighted by atomic mass is 10.3. The number of benzene rings is 2. The zero-order chi connectivity index (χ0) is 18.1. The minimum atomic E-state index is -0.134. The Labute approximate surface area is 159 Å². The van der Waals surface area contributed by atoms with Gasteiger partial charge in [-0.25, -0.2) is 0 Å². The van der Waals surface area contributed by atoms with Gasteiger partial charge in [0.15, 0.2) is 0 Å². The molecule has 0 unspecified atom stereocenters. The second-order valence-corrected chi connectivity index (χ2v) is 7.08. The van der Waals surface area contributed by atoms with Crippen LogP contribution in [0.25, 0.3) is 0 Å². The molecule has 7 heteroatoms. The summed E-state index contributed by atoms with van der Waals surface area (Å²) in [5.41, 5.74) is 0.731. The van der Waals surface area contributed by atoms with Crippen LogP contribution in [0.5, 0.6) is 5.75 Å². The molecule has 0 fully saturated rings. The van der Waals surface area contributed by atoms with E-state index in [-0.39, 0.29) is 18.2 Å². The van der Waals surface area contributed by atoms with Crippen molar-refractivity contribution in [3.63, 3.8) is 0 Å². The van der Waals surface area contributed by atoms with Crippen LogP contribution >= 0.6 is 27.7 Å². The van der Waals surface area contributed by atoms with E-state index < -0.39 is 0 Å². The Bertz CT molecular complexity index is 705. The van der Waals surface area contributed by atoms with Crippen LogP contribution in [0.1, 0.15) is 6.42 Å². The Morgan fingerprint density at radius 3 is 2.36 bits per heavy atom. The fourth-order valence-electron chi connectivity index (χ4n) is 1.94. The predicted octanol–water partition coefficient (Wildman–Crippen LogP) is 3.69. The number of amides is 2. The third kappa shape index (κ3) is 7.19. The molecule has 0 saturated carbocycles. The highest BCUT2D eigenvalue weighted by Crippen LogP contribution is 2.20. The SMILES string of the molecule is COc1ccc(SCC(=O)NCCC(=O)Nc2ccc(Br)cc2)cc1. The first-order valence-corrected chi connectivity index (χ1v) is 9.43. The van der Waals surface area contributed by atoms with Crippen molar-refractivity contribution < 1.29 is 14.3 Å². The molecule has 25 heavy (non-hydrogen) atoms. The van der Waals surface area contributed by atoms with Crippen molar-refractivity contribution >= 4 is 45.2 Å². The van der Waals surface area contributed by atoms with Gasteiger partial charge in [-0.05, 0) is 48.5 Å². The molecule has 5 nitrogen and oxygen atoms in total. The number of hydrogen-bond acceptors (Lipinski definition) is 4. The minimum Gasteiger partial charge on any atom is -0.497 e. The quantitative estimate of drug-likeness (QED) is 0.636. The van der Waals surface area contributed by atoms with Gasteiger partial charge in [-0.2, -0.15) is 0 Å². The number of carbonyl (C=O) groups is 2. The van der Waals surface area contributed by atoms with Crippen LogP contribution in [0.4, 0.5) is 5.69 Å². The Morgan fingerprint density at radius 2 is 1.72 bits per heavy atom. The molecule has 0 aromatic heterocycles. The summed E-state index contributed by atoms with van der Waals surface area (Å²) < 4.78 is 6.04. The molecule has 2 N–H and O–H groups in total. The lowest BCUT2D eigenvalue weighted by molar-refractivity contribution is -0.119. The first-order chi connectivity index (χ1) is 12.1. The molecule has 0 spiro atoms. The minimum absolute atomic E-state index is 0.0998. The molecule has 0 radical (unpaired) electrons. The summed E-state index contributed by atoms with van der Waals surface area (Å²) >= 11 is 4.78. The zero-order valence-corrected chi connectivity index (χ0v) is 16.2. The van der Waals surface area contributed by atoms with Gasteiger partial charge < -0.3 is 15.4 Å². The van der Waals surface area contributed by atoms with Crippen LogP contribution in [-0.2, 0) is 9.59 Å². The van der Waals surface area contributed by atoms with Crippen molar-refractivity contribution in [3.8, 4) is 5.75 Å². The number of hydrogen-bond donors (Lipinski definition) is 2. The highest BCUT2D eigenvalue weighted by Gasteiger charge is 2.06. The monoisotopic (exact) mass is 422 g/mol. The van der Waals surface area contributed by atoms with Crippen LogP contribution in [0.3, 0.4) is 0 Å². The normalized spacial score (nSPS) is 10.2. The van der Waals surface area contributed by atoms with Crippen molar-refractivity contribution in [1.29, 1.82) is 0 Å². The summed E-state index contributed by atoms with van der Waals surface area (Å²) in [6.45, 7) is 0.310. The average Bonchev–Trinajstić information content (AvgIpc) is 2.62. The molecule has 2 aromatic rings. The average molecular weight is 423 g/mol. The van der Waals surface area contributed by atoms with E-state index in [0.29, 0.717) is 12.3 Å². The van der Waals surface area contributed by atoms with Crippen molar-refractivity contribution in [3.05, 3.63) is 53.0 Å². The van der Waals surface area contributed by atoms with Crippen LogP contribution in [0, 0.1) is 0 Å². The lowest BCUT2D eigenvalue weighted by Gasteiger charge is -2.07.